The normalized spacial score (nSPS) is 18.0. The largest absolute Gasteiger partial charge is 0.385 e. The van der Waals surface area contributed by atoms with E-state index in [-0.39, 0.29) is 11.5 Å². The first-order valence-corrected chi connectivity index (χ1v) is 12.1. The van der Waals surface area contributed by atoms with Crippen LogP contribution in [0.2, 0.25) is 0 Å². The number of amides is 1. The Bertz CT molecular complexity index is 941. The van der Waals surface area contributed by atoms with Gasteiger partial charge in [-0.2, -0.15) is 0 Å². The van der Waals surface area contributed by atoms with E-state index in [9.17, 15) is 13.6 Å². The number of carbonyl (C=O) groups is 1. The molecule has 4 rings (SSSR count). The fraction of sp³-hybridized carbons (Fsp3) is 0.519. The molecular weight excluding hydrogens is 420 g/mol. The van der Waals surface area contributed by atoms with Crippen LogP contribution in [0.4, 0.5) is 14.5 Å². The lowest BCUT2D eigenvalue weighted by atomic mass is 9.95. The Morgan fingerprint density at radius 2 is 1.64 bits per heavy atom. The molecule has 1 amide bonds. The van der Waals surface area contributed by atoms with Crippen LogP contribution in [0.3, 0.4) is 0 Å². The van der Waals surface area contributed by atoms with Gasteiger partial charge in [0.2, 0.25) is 0 Å². The van der Waals surface area contributed by atoms with Crippen LogP contribution in [-0.2, 0) is 0 Å². The van der Waals surface area contributed by atoms with Gasteiger partial charge in [-0.05, 0) is 93.9 Å². The number of nitrogens with one attached hydrogen (secondary N) is 1. The van der Waals surface area contributed by atoms with Crippen molar-refractivity contribution < 1.29 is 13.6 Å². The molecule has 0 bridgehead atoms. The Morgan fingerprint density at radius 1 is 1.00 bits per heavy atom. The topological polar surface area (TPSA) is 35.6 Å². The minimum absolute atomic E-state index is 0.153. The molecule has 1 N–H and O–H groups in total. The lowest BCUT2D eigenvalue weighted by Crippen LogP contribution is -2.42. The first-order chi connectivity index (χ1) is 15.8. The molecule has 0 saturated carbocycles. The van der Waals surface area contributed by atoms with Gasteiger partial charge in [-0.1, -0.05) is 18.2 Å². The zero-order valence-corrected chi connectivity index (χ0v) is 19.7. The van der Waals surface area contributed by atoms with Crippen molar-refractivity contribution in [3.8, 4) is 11.1 Å². The lowest BCUT2D eigenvalue weighted by molar-refractivity contribution is 0.0788. The third kappa shape index (κ3) is 6.32. The smallest absolute Gasteiger partial charge is 0.256 e. The van der Waals surface area contributed by atoms with Gasteiger partial charge in [-0.15, -0.1) is 0 Å². The van der Waals surface area contributed by atoms with E-state index in [4.69, 9.17) is 0 Å². The third-order valence-corrected chi connectivity index (χ3v) is 6.71. The molecule has 178 valence electrons. The lowest BCUT2D eigenvalue weighted by Gasteiger charge is -2.34. The van der Waals surface area contributed by atoms with Crippen LogP contribution in [0.5, 0.6) is 0 Å². The summed E-state index contributed by atoms with van der Waals surface area (Å²) in [5, 5.41) is 3.51. The van der Waals surface area contributed by atoms with Crippen molar-refractivity contribution >= 4 is 11.6 Å². The van der Waals surface area contributed by atoms with E-state index >= 15 is 0 Å². The summed E-state index contributed by atoms with van der Waals surface area (Å²) in [6, 6.07) is 12.9. The molecule has 0 atom stereocenters. The summed E-state index contributed by atoms with van der Waals surface area (Å²) in [6.07, 6.45) is 4.12. The highest BCUT2D eigenvalue weighted by atomic mass is 19.1. The molecule has 2 aromatic carbocycles. The highest BCUT2D eigenvalue weighted by Crippen LogP contribution is 2.26. The Hall–Kier alpha value is -2.47. The predicted octanol–water partition coefficient (Wildman–Crippen LogP) is 5.60. The average molecular weight is 456 g/mol. The zero-order valence-electron chi connectivity index (χ0n) is 19.7. The van der Waals surface area contributed by atoms with Crippen LogP contribution < -0.4 is 5.32 Å². The van der Waals surface area contributed by atoms with Gasteiger partial charge in [0.15, 0.2) is 0 Å². The number of nitrogens with zero attached hydrogens (tertiary/aromatic N) is 2. The number of alkyl halides is 1. The number of carbonyl (C=O) groups excluding carboxylic acids is 1. The average Bonchev–Trinajstić information content (AvgIpc) is 3.32. The summed E-state index contributed by atoms with van der Waals surface area (Å²) in [7, 11) is 0. The summed E-state index contributed by atoms with van der Waals surface area (Å²) >= 11 is 0. The molecular formula is C27H35F2N3O. The highest BCUT2D eigenvalue weighted by molar-refractivity contribution is 5.95. The van der Waals surface area contributed by atoms with Crippen molar-refractivity contribution in [3.05, 3.63) is 53.8 Å². The third-order valence-electron chi connectivity index (χ3n) is 6.71. The van der Waals surface area contributed by atoms with E-state index < -0.39 is 11.5 Å². The zero-order chi connectivity index (χ0) is 23.4. The number of hydrogen-bond acceptors (Lipinski definition) is 3. The molecule has 0 unspecified atom stereocenters. The van der Waals surface area contributed by atoms with Gasteiger partial charge < -0.3 is 15.1 Å². The SMILES string of the molecule is CC(C)(F)CN1CCC(CNc2ccc(-c3ccc(C(=O)N4CCCC4)c(F)c3)cc2)CC1. The van der Waals surface area contributed by atoms with E-state index in [0.717, 1.165) is 62.1 Å². The van der Waals surface area contributed by atoms with Crippen molar-refractivity contribution in [2.24, 2.45) is 5.92 Å². The van der Waals surface area contributed by atoms with Crippen molar-refractivity contribution in [1.82, 2.24) is 9.80 Å². The molecule has 2 fully saturated rings. The molecule has 2 aromatic rings. The first kappa shape index (κ1) is 23.7. The summed E-state index contributed by atoms with van der Waals surface area (Å²) < 4.78 is 28.5. The first-order valence-electron chi connectivity index (χ1n) is 12.1. The van der Waals surface area contributed by atoms with E-state index in [2.05, 4.69) is 10.2 Å². The molecule has 2 saturated heterocycles. The van der Waals surface area contributed by atoms with Crippen LogP contribution in [0.25, 0.3) is 11.1 Å². The molecule has 0 spiro atoms. The van der Waals surface area contributed by atoms with E-state index in [0.29, 0.717) is 25.6 Å². The molecule has 0 aromatic heterocycles. The van der Waals surface area contributed by atoms with Crippen molar-refractivity contribution in [1.29, 1.82) is 0 Å². The summed E-state index contributed by atoms with van der Waals surface area (Å²) in [5.41, 5.74) is 1.73. The maximum atomic E-state index is 14.7. The van der Waals surface area contributed by atoms with Gasteiger partial charge in [-0.25, -0.2) is 8.78 Å². The molecule has 2 heterocycles. The van der Waals surface area contributed by atoms with Gasteiger partial charge in [-0.3, -0.25) is 4.79 Å². The monoisotopic (exact) mass is 455 g/mol. The molecule has 2 aliphatic heterocycles. The van der Waals surface area contributed by atoms with Crippen LogP contribution in [0, 0.1) is 11.7 Å². The van der Waals surface area contributed by atoms with Crippen LogP contribution in [0.15, 0.2) is 42.5 Å². The molecule has 4 nitrogen and oxygen atoms in total. The van der Waals surface area contributed by atoms with Crippen LogP contribution in [0.1, 0.15) is 49.9 Å². The molecule has 2 aliphatic rings. The van der Waals surface area contributed by atoms with Crippen LogP contribution >= 0.6 is 0 Å². The molecule has 6 heteroatoms. The molecule has 33 heavy (non-hydrogen) atoms. The Morgan fingerprint density at radius 3 is 2.24 bits per heavy atom. The van der Waals surface area contributed by atoms with Gasteiger partial charge >= 0.3 is 0 Å². The highest BCUT2D eigenvalue weighted by Gasteiger charge is 2.25. The second kappa shape index (κ2) is 10.2. The Labute approximate surface area is 196 Å². The molecule has 0 aliphatic carbocycles. The fourth-order valence-corrected chi connectivity index (χ4v) is 4.88. The maximum Gasteiger partial charge on any atom is 0.256 e. The minimum atomic E-state index is -1.14. The van der Waals surface area contributed by atoms with E-state index in [1.54, 1.807) is 24.8 Å². The number of rotatable bonds is 7. The van der Waals surface area contributed by atoms with E-state index in [1.807, 2.05) is 30.3 Å². The summed E-state index contributed by atoms with van der Waals surface area (Å²) in [4.78, 5) is 16.4. The number of piperidine rings is 1. The Balaban J connectivity index is 1.30. The summed E-state index contributed by atoms with van der Waals surface area (Å²) in [6.45, 7) is 7.99. The van der Waals surface area contributed by atoms with Crippen molar-refractivity contribution in [2.45, 2.75) is 45.2 Å². The minimum Gasteiger partial charge on any atom is -0.385 e. The van der Waals surface area contributed by atoms with Gasteiger partial charge in [0.05, 0.1) is 5.56 Å². The quantitative estimate of drug-likeness (QED) is 0.590. The number of likely N-dealkylation sites (tertiary alicyclic amines) is 2. The predicted molar refractivity (Wildman–Crippen MR) is 130 cm³/mol. The van der Waals surface area contributed by atoms with Gasteiger partial charge in [0.1, 0.15) is 11.5 Å². The maximum absolute atomic E-state index is 14.7. The number of anilines is 1. The van der Waals surface area contributed by atoms with Crippen molar-refractivity contribution in [3.63, 3.8) is 0 Å². The standard InChI is InChI=1S/C27H35F2N3O/c1-27(2,29)19-31-15-11-20(12-16-31)18-30-23-8-5-21(6-9-23)22-7-10-24(25(28)17-22)26(33)32-13-3-4-14-32/h5-10,17,20,30H,3-4,11-16,18-19H2,1-2H3. The fourth-order valence-electron chi connectivity index (χ4n) is 4.88. The van der Waals surface area contributed by atoms with Gasteiger partial charge in [0.25, 0.3) is 5.91 Å². The Kier molecular flexibility index (Phi) is 7.32. The number of hydrogen-bond donors (Lipinski definition) is 1. The number of halogens is 2. The van der Waals surface area contributed by atoms with E-state index in [1.165, 1.54) is 6.07 Å². The molecule has 0 radical (unpaired) electrons. The summed E-state index contributed by atoms with van der Waals surface area (Å²) in [5.74, 6) is -0.0946. The van der Waals surface area contributed by atoms with Gasteiger partial charge in [0, 0.05) is 31.9 Å². The van der Waals surface area contributed by atoms with Crippen molar-refractivity contribution in [2.75, 3.05) is 44.6 Å². The second-order valence-electron chi connectivity index (χ2n) is 10.1. The van der Waals surface area contributed by atoms with Crippen LogP contribution in [-0.4, -0.2) is 60.6 Å². The second-order valence-corrected chi connectivity index (χ2v) is 10.1. The number of benzene rings is 2.